The monoisotopic (exact) mass is 560 g/mol. The van der Waals surface area contributed by atoms with Crippen LogP contribution in [0.3, 0.4) is 0 Å². The Hall–Kier alpha value is -3.16. The number of aliphatic carboxylic acids is 1. The predicted octanol–water partition coefficient (Wildman–Crippen LogP) is 1.09. The van der Waals surface area contributed by atoms with Crippen molar-refractivity contribution in [2.45, 2.75) is 62.9 Å². The number of esters is 1. The molecular formula is C28H36N2O10. The van der Waals surface area contributed by atoms with Crippen LogP contribution in [0.2, 0.25) is 0 Å². The highest BCUT2D eigenvalue weighted by Crippen LogP contribution is 2.47. The van der Waals surface area contributed by atoms with E-state index in [2.05, 4.69) is 16.8 Å². The highest BCUT2D eigenvalue weighted by Gasteiger charge is 2.48. The Morgan fingerprint density at radius 1 is 1.18 bits per heavy atom. The predicted molar refractivity (Wildman–Crippen MR) is 140 cm³/mol. The van der Waals surface area contributed by atoms with E-state index in [1.165, 1.54) is 20.5 Å². The number of benzene rings is 1. The molecule has 0 aliphatic carbocycles. The molecule has 12 nitrogen and oxygen atoms in total. The summed E-state index contributed by atoms with van der Waals surface area (Å²) in [4.78, 5) is 30.2. The topological polar surface area (TPSA) is 171 Å². The molecule has 1 aromatic heterocycles. The van der Waals surface area contributed by atoms with Crippen LogP contribution in [0.1, 0.15) is 37.1 Å². The van der Waals surface area contributed by atoms with Crippen molar-refractivity contribution in [3.05, 3.63) is 41.3 Å². The van der Waals surface area contributed by atoms with Gasteiger partial charge in [0, 0.05) is 29.7 Å². The molecule has 12 heteroatoms. The number of fused-ring (bicyclic) bond motifs is 5. The SMILES string of the molecule is CC[C@@H]1CN2CCc3c([nH]c4cccc(O[C@@H]5O[C@H](C(=O)O)[C@@H](O)[C@H](O)[C@H]5O)c34)[C@@H]2C[C@@H]1/C(=C\OC)C(=O)OC. The highest BCUT2D eigenvalue weighted by molar-refractivity contribution is 5.91. The van der Waals surface area contributed by atoms with Crippen LogP contribution in [0.5, 0.6) is 5.75 Å². The molecule has 1 aromatic carbocycles. The molecule has 0 amide bonds. The molecule has 3 aliphatic rings. The summed E-state index contributed by atoms with van der Waals surface area (Å²) in [5, 5.41) is 40.9. The van der Waals surface area contributed by atoms with Crippen molar-refractivity contribution in [2.24, 2.45) is 11.8 Å². The van der Waals surface area contributed by atoms with E-state index < -0.39 is 42.6 Å². The van der Waals surface area contributed by atoms with Crippen LogP contribution in [-0.4, -0.2) is 100 Å². The molecular weight excluding hydrogens is 524 g/mol. The van der Waals surface area contributed by atoms with E-state index in [9.17, 15) is 30.0 Å². The van der Waals surface area contributed by atoms with Gasteiger partial charge < -0.3 is 44.4 Å². The first kappa shape index (κ1) is 28.4. The van der Waals surface area contributed by atoms with Gasteiger partial charge in [0.15, 0.2) is 6.10 Å². The van der Waals surface area contributed by atoms with Gasteiger partial charge in [0.05, 0.1) is 32.1 Å². The summed E-state index contributed by atoms with van der Waals surface area (Å²) >= 11 is 0. The number of aromatic nitrogens is 1. The van der Waals surface area contributed by atoms with Crippen LogP contribution in [0.4, 0.5) is 0 Å². The van der Waals surface area contributed by atoms with E-state index in [0.29, 0.717) is 17.7 Å². The lowest BCUT2D eigenvalue weighted by Crippen LogP contribution is -2.61. The van der Waals surface area contributed by atoms with Gasteiger partial charge in [-0.05, 0) is 42.4 Å². The van der Waals surface area contributed by atoms with Gasteiger partial charge >= 0.3 is 11.9 Å². The maximum absolute atomic E-state index is 12.7. The van der Waals surface area contributed by atoms with E-state index in [0.717, 1.165) is 48.1 Å². The summed E-state index contributed by atoms with van der Waals surface area (Å²) in [5.41, 5.74) is 3.33. The Bertz CT molecular complexity index is 1290. The zero-order valence-corrected chi connectivity index (χ0v) is 22.6. The van der Waals surface area contributed by atoms with E-state index in [1.807, 2.05) is 6.07 Å². The fourth-order valence-corrected chi connectivity index (χ4v) is 6.49. The fraction of sp³-hybridized carbons (Fsp3) is 0.571. The maximum Gasteiger partial charge on any atom is 0.337 e. The van der Waals surface area contributed by atoms with Gasteiger partial charge in [0.25, 0.3) is 0 Å². The minimum atomic E-state index is -1.80. The number of hydrogen-bond acceptors (Lipinski definition) is 10. The van der Waals surface area contributed by atoms with Gasteiger partial charge in [0.1, 0.15) is 24.1 Å². The minimum Gasteiger partial charge on any atom is -0.504 e. The third kappa shape index (κ3) is 4.83. The minimum absolute atomic E-state index is 0.00778. The van der Waals surface area contributed by atoms with Gasteiger partial charge in [-0.2, -0.15) is 0 Å². The second kappa shape index (κ2) is 11.4. The molecule has 40 heavy (non-hydrogen) atoms. The Morgan fingerprint density at radius 3 is 2.62 bits per heavy atom. The zero-order valence-electron chi connectivity index (χ0n) is 22.6. The lowest BCUT2D eigenvalue weighted by Gasteiger charge is -2.46. The number of aliphatic hydroxyl groups is 3. The normalized spacial score (nSPS) is 32.7. The average Bonchev–Trinajstić information content (AvgIpc) is 3.35. The number of methoxy groups -OCH3 is 2. The van der Waals surface area contributed by atoms with Crippen molar-refractivity contribution >= 4 is 22.8 Å². The second-order valence-electron chi connectivity index (χ2n) is 10.6. The smallest absolute Gasteiger partial charge is 0.337 e. The second-order valence-corrected chi connectivity index (χ2v) is 10.6. The number of carbonyl (C=O) groups excluding carboxylic acids is 1. The van der Waals surface area contributed by atoms with Gasteiger partial charge in [-0.1, -0.05) is 19.4 Å². The largest absolute Gasteiger partial charge is 0.504 e. The third-order valence-corrected chi connectivity index (χ3v) is 8.51. The molecule has 0 radical (unpaired) electrons. The first-order valence-corrected chi connectivity index (χ1v) is 13.5. The quantitative estimate of drug-likeness (QED) is 0.187. The van der Waals surface area contributed by atoms with E-state index >= 15 is 0 Å². The number of aliphatic hydroxyl groups excluding tert-OH is 3. The Labute approximate surface area is 231 Å². The van der Waals surface area contributed by atoms with Crippen molar-refractivity contribution in [3.8, 4) is 5.75 Å². The van der Waals surface area contributed by atoms with Crippen LogP contribution in [-0.2, 0) is 30.2 Å². The summed E-state index contributed by atoms with van der Waals surface area (Å²) in [6.07, 6.45) is -4.73. The summed E-state index contributed by atoms with van der Waals surface area (Å²) in [6.45, 7) is 3.72. The molecule has 0 spiro atoms. The standard InChI is InChI=1S/C28H36N2O10/c1-4-13-11-30-9-8-14-20-17(29-21(14)18(30)10-15(13)16(12-37-2)27(36)38-3)6-5-7-19(20)39-28-24(33)22(31)23(32)25(40-28)26(34)35/h5-7,12-13,15,18,22-25,28-29,31-33H,4,8-11H2,1-3H3,(H,34,35)/b16-12+/t13-,15+,18+,22+,23+,24-,25+,28-/m1/s1. The number of rotatable bonds is 7. The third-order valence-electron chi connectivity index (χ3n) is 8.51. The van der Waals surface area contributed by atoms with Gasteiger partial charge in [-0.3, -0.25) is 4.90 Å². The lowest BCUT2D eigenvalue weighted by molar-refractivity contribution is -0.270. The number of nitrogens with one attached hydrogen (secondary N) is 1. The number of carboxylic acids is 1. The van der Waals surface area contributed by atoms with Gasteiger partial charge in [0.2, 0.25) is 6.29 Å². The maximum atomic E-state index is 12.7. The number of hydrogen-bond donors (Lipinski definition) is 5. The first-order valence-electron chi connectivity index (χ1n) is 13.5. The Kier molecular flexibility index (Phi) is 8.07. The average molecular weight is 561 g/mol. The fourth-order valence-electron chi connectivity index (χ4n) is 6.49. The summed E-state index contributed by atoms with van der Waals surface area (Å²) in [7, 11) is 2.88. The van der Waals surface area contributed by atoms with Crippen LogP contribution in [0.25, 0.3) is 10.9 Å². The molecule has 0 saturated carbocycles. The molecule has 3 aliphatic heterocycles. The van der Waals surface area contributed by atoms with Crippen LogP contribution < -0.4 is 4.74 Å². The molecule has 5 N–H and O–H groups in total. The molecule has 2 fully saturated rings. The Morgan fingerprint density at radius 2 is 1.95 bits per heavy atom. The van der Waals surface area contributed by atoms with Crippen LogP contribution in [0, 0.1) is 11.8 Å². The van der Waals surface area contributed by atoms with E-state index in [-0.39, 0.29) is 17.9 Å². The molecule has 5 rings (SSSR count). The summed E-state index contributed by atoms with van der Waals surface area (Å²) in [6, 6.07) is 5.35. The van der Waals surface area contributed by atoms with Crippen molar-refractivity contribution in [2.75, 3.05) is 27.3 Å². The number of ether oxygens (including phenoxy) is 4. The van der Waals surface area contributed by atoms with Gasteiger partial charge in [-0.15, -0.1) is 0 Å². The zero-order chi connectivity index (χ0) is 28.7. The van der Waals surface area contributed by atoms with Crippen molar-refractivity contribution < 1.29 is 49.0 Å². The highest BCUT2D eigenvalue weighted by atomic mass is 16.7. The Balaban J connectivity index is 1.49. The molecule has 2 aromatic rings. The lowest BCUT2D eigenvalue weighted by atomic mass is 9.74. The van der Waals surface area contributed by atoms with Crippen molar-refractivity contribution in [1.29, 1.82) is 0 Å². The van der Waals surface area contributed by atoms with E-state index in [4.69, 9.17) is 18.9 Å². The molecule has 0 bridgehead atoms. The van der Waals surface area contributed by atoms with E-state index in [1.54, 1.807) is 12.1 Å². The van der Waals surface area contributed by atoms with Crippen LogP contribution >= 0.6 is 0 Å². The summed E-state index contributed by atoms with van der Waals surface area (Å²) < 4.78 is 21.7. The van der Waals surface area contributed by atoms with Crippen molar-refractivity contribution in [1.82, 2.24) is 9.88 Å². The molecule has 8 atom stereocenters. The first-order chi connectivity index (χ1) is 19.2. The number of aromatic amines is 1. The summed E-state index contributed by atoms with van der Waals surface area (Å²) in [5.74, 6) is -1.35. The number of nitrogens with zero attached hydrogens (tertiary/aromatic N) is 1. The number of carboxylic acid groups (broad SMARTS) is 1. The molecule has 2 saturated heterocycles. The molecule has 4 heterocycles. The van der Waals surface area contributed by atoms with Gasteiger partial charge in [-0.25, -0.2) is 9.59 Å². The molecule has 0 unspecified atom stereocenters. The number of H-pyrrole nitrogens is 1. The number of piperidine rings is 1. The number of carbonyl (C=O) groups is 2. The van der Waals surface area contributed by atoms with Crippen LogP contribution in [0.15, 0.2) is 30.0 Å². The molecule has 218 valence electrons. The van der Waals surface area contributed by atoms with Crippen molar-refractivity contribution in [3.63, 3.8) is 0 Å².